The lowest BCUT2D eigenvalue weighted by atomic mass is 10.2. The number of hydrogen-bond acceptors (Lipinski definition) is 5. The average Bonchev–Trinajstić information content (AvgIpc) is 2.85. The van der Waals surface area contributed by atoms with Crippen LogP contribution in [0.2, 0.25) is 0 Å². The molecule has 5 heteroatoms. The van der Waals surface area contributed by atoms with Gasteiger partial charge >= 0.3 is 0 Å². The second kappa shape index (κ2) is 6.14. The molecule has 0 aliphatic heterocycles. The van der Waals surface area contributed by atoms with Crippen molar-refractivity contribution < 1.29 is 4.42 Å². The van der Waals surface area contributed by atoms with E-state index in [2.05, 4.69) is 27.2 Å². The molecule has 0 bridgehead atoms. The fourth-order valence-electron chi connectivity index (χ4n) is 1.65. The molecule has 0 radical (unpaired) electrons. The van der Waals surface area contributed by atoms with Gasteiger partial charge in [-0.05, 0) is 6.42 Å². The predicted molar refractivity (Wildman–Crippen MR) is 69.2 cm³/mol. The molecule has 96 valence electrons. The van der Waals surface area contributed by atoms with Crippen LogP contribution in [0.25, 0.3) is 0 Å². The first-order valence-corrected chi connectivity index (χ1v) is 6.30. The Hall–Kier alpha value is -1.91. The summed E-state index contributed by atoms with van der Waals surface area (Å²) in [4.78, 5) is 12.6. The van der Waals surface area contributed by atoms with Crippen molar-refractivity contribution in [3.8, 4) is 0 Å². The molecule has 0 spiro atoms. The van der Waals surface area contributed by atoms with Crippen molar-refractivity contribution in [1.29, 1.82) is 0 Å². The maximum Gasteiger partial charge on any atom is 0.213 e. The van der Waals surface area contributed by atoms with Crippen LogP contribution >= 0.6 is 0 Å². The van der Waals surface area contributed by atoms with E-state index in [1.807, 2.05) is 13.0 Å². The molecule has 0 aliphatic rings. The molecule has 0 saturated heterocycles. The number of aryl methyl sites for hydroxylation is 2. The summed E-state index contributed by atoms with van der Waals surface area (Å²) in [5.74, 6) is 2.40. The van der Waals surface area contributed by atoms with Crippen LogP contribution in [0, 0.1) is 0 Å². The van der Waals surface area contributed by atoms with Gasteiger partial charge < -0.3 is 9.73 Å². The number of oxazole rings is 1. The Morgan fingerprint density at radius 1 is 1.22 bits per heavy atom. The molecular weight excluding hydrogens is 228 g/mol. The van der Waals surface area contributed by atoms with Crippen LogP contribution < -0.4 is 5.32 Å². The molecule has 0 saturated carbocycles. The van der Waals surface area contributed by atoms with Crippen molar-refractivity contribution in [2.45, 2.75) is 39.7 Å². The van der Waals surface area contributed by atoms with Crippen LogP contribution in [-0.4, -0.2) is 15.0 Å². The van der Waals surface area contributed by atoms with E-state index in [1.165, 1.54) is 0 Å². The number of aromatic nitrogens is 3. The number of hydrogen-bond donors (Lipinski definition) is 1. The zero-order chi connectivity index (χ0) is 12.8. The summed E-state index contributed by atoms with van der Waals surface area (Å²) in [6.45, 7) is 4.72. The summed E-state index contributed by atoms with van der Waals surface area (Å²) in [5.41, 5.74) is 1.05. The van der Waals surface area contributed by atoms with Crippen molar-refractivity contribution in [1.82, 2.24) is 15.0 Å². The standard InChI is InChI=1S/C13H18N4O/c1-3-5-10-6-12(17-9-16-10)14-8-13-15-7-11(4-2)18-13/h6-7,9H,3-5,8H2,1-2H3,(H,14,16,17). The smallest absolute Gasteiger partial charge is 0.213 e. The summed E-state index contributed by atoms with van der Waals surface area (Å²) >= 11 is 0. The highest BCUT2D eigenvalue weighted by molar-refractivity contribution is 5.34. The summed E-state index contributed by atoms with van der Waals surface area (Å²) in [6.07, 6.45) is 6.26. The molecule has 2 aromatic heterocycles. The van der Waals surface area contributed by atoms with E-state index in [9.17, 15) is 0 Å². The molecule has 1 N–H and O–H groups in total. The van der Waals surface area contributed by atoms with Crippen LogP contribution in [0.5, 0.6) is 0 Å². The molecule has 2 rings (SSSR count). The monoisotopic (exact) mass is 246 g/mol. The second-order valence-corrected chi connectivity index (χ2v) is 4.07. The van der Waals surface area contributed by atoms with Gasteiger partial charge in [-0.25, -0.2) is 15.0 Å². The molecule has 0 amide bonds. The normalized spacial score (nSPS) is 10.6. The summed E-state index contributed by atoms with van der Waals surface area (Å²) in [6, 6.07) is 1.97. The largest absolute Gasteiger partial charge is 0.444 e. The summed E-state index contributed by atoms with van der Waals surface area (Å²) in [5, 5.41) is 3.19. The fraction of sp³-hybridized carbons (Fsp3) is 0.462. The Morgan fingerprint density at radius 3 is 2.83 bits per heavy atom. The van der Waals surface area contributed by atoms with Crippen molar-refractivity contribution in [2.24, 2.45) is 0 Å². The highest BCUT2D eigenvalue weighted by Crippen LogP contribution is 2.09. The van der Waals surface area contributed by atoms with Gasteiger partial charge in [0.25, 0.3) is 0 Å². The van der Waals surface area contributed by atoms with E-state index in [0.717, 1.165) is 36.5 Å². The Balaban J connectivity index is 1.94. The topological polar surface area (TPSA) is 63.8 Å². The third kappa shape index (κ3) is 3.29. The third-order valence-corrected chi connectivity index (χ3v) is 2.60. The molecule has 0 atom stereocenters. The van der Waals surface area contributed by atoms with E-state index < -0.39 is 0 Å². The van der Waals surface area contributed by atoms with Crippen LogP contribution in [-0.2, 0) is 19.4 Å². The molecule has 0 aliphatic carbocycles. The van der Waals surface area contributed by atoms with Crippen molar-refractivity contribution in [3.63, 3.8) is 0 Å². The molecule has 5 nitrogen and oxygen atoms in total. The number of nitrogens with zero attached hydrogens (tertiary/aromatic N) is 3. The lowest BCUT2D eigenvalue weighted by Crippen LogP contribution is -2.03. The lowest BCUT2D eigenvalue weighted by molar-refractivity contribution is 0.465. The van der Waals surface area contributed by atoms with Crippen molar-refractivity contribution >= 4 is 5.82 Å². The lowest BCUT2D eigenvalue weighted by Gasteiger charge is -2.04. The van der Waals surface area contributed by atoms with E-state index >= 15 is 0 Å². The van der Waals surface area contributed by atoms with Crippen molar-refractivity contribution in [2.75, 3.05) is 5.32 Å². The zero-order valence-electron chi connectivity index (χ0n) is 10.8. The SMILES string of the molecule is CCCc1cc(NCc2ncc(CC)o2)ncn1. The molecule has 18 heavy (non-hydrogen) atoms. The maximum atomic E-state index is 5.52. The van der Waals surface area contributed by atoms with Gasteiger partial charge in [-0.1, -0.05) is 20.3 Å². The minimum absolute atomic E-state index is 0.544. The average molecular weight is 246 g/mol. The molecule has 0 unspecified atom stereocenters. The van der Waals surface area contributed by atoms with Gasteiger partial charge in [0.2, 0.25) is 5.89 Å². The van der Waals surface area contributed by atoms with Gasteiger partial charge in [-0.3, -0.25) is 0 Å². The number of rotatable bonds is 6. The predicted octanol–water partition coefficient (Wildman–Crippen LogP) is 2.59. The van der Waals surface area contributed by atoms with Crippen LogP contribution in [0.3, 0.4) is 0 Å². The van der Waals surface area contributed by atoms with Gasteiger partial charge in [0.05, 0.1) is 12.7 Å². The molecule has 2 aromatic rings. The first-order valence-electron chi connectivity index (χ1n) is 6.30. The zero-order valence-corrected chi connectivity index (χ0v) is 10.8. The van der Waals surface area contributed by atoms with E-state index in [4.69, 9.17) is 4.42 Å². The van der Waals surface area contributed by atoms with Gasteiger partial charge in [-0.2, -0.15) is 0 Å². The number of nitrogens with one attached hydrogen (secondary N) is 1. The highest BCUT2D eigenvalue weighted by Gasteiger charge is 2.03. The highest BCUT2D eigenvalue weighted by atomic mass is 16.4. The Kier molecular flexibility index (Phi) is 4.28. The van der Waals surface area contributed by atoms with Gasteiger partial charge in [-0.15, -0.1) is 0 Å². The Bertz CT molecular complexity index is 495. The summed E-state index contributed by atoms with van der Waals surface area (Å²) in [7, 11) is 0. The minimum atomic E-state index is 0.544. The first kappa shape index (κ1) is 12.5. The van der Waals surface area contributed by atoms with Crippen LogP contribution in [0.15, 0.2) is 23.0 Å². The van der Waals surface area contributed by atoms with Crippen molar-refractivity contribution in [3.05, 3.63) is 35.9 Å². The van der Waals surface area contributed by atoms with E-state index in [1.54, 1.807) is 12.5 Å². The Labute approximate surface area is 107 Å². The van der Waals surface area contributed by atoms with Crippen LogP contribution in [0.1, 0.15) is 37.6 Å². The first-order chi connectivity index (χ1) is 8.81. The molecule has 0 aromatic carbocycles. The van der Waals surface area contributed by atoms with E-state index in [-0.39, 0.29) is 0 Å². The van der Waals surface area contributed by atoms with Crippen LogP contribution in [0.4, 0.5) is 5.82 Å². The fourth-order valence-corrected chi connectivity index (χ4v) is 1.65. The Morgan fingerprint density at radius 2 is 2.11 bits per heavy atom. The quantitative estimate of drug-likeness (QED) is 0.848. The molecule has 0 fully saturated rings. The molecule has 2 heterocycles. The van der Waals surface area contributed by atoms with Gasteiger partial charge in [0.15, 0.2) is 0 Å². The van der Waals surface area contributed by atoms with Gasteiger partial charge in [0, 0.05) is 18.2 Å². The maximum absolute atomic E-state index is 5.52. The number of anilines is 1. The minimum Gasteiger partial charge on any atom is -0.444 e. The van der Waals surface area contributed by atoms with Gasteiger partial charge in [0.1, 0.15) is 17.9 Å². The molecular formula is C13H18N4O. The third-order valence-electron chi connectivity index (χ3n) is 2.60. The second-order valence-electron chi connectivity index (χ2n) is 4.07. The van der Waals surface area contributed by atoms with E-state index in [0.29, 0.717) is 12.4 Å². The summed E-state index contributed by atoms with van der Waals surface area (Å²) < 4.78 is 5.52.